The maximum atomic E-state index is 12.5. The van der Waals surface area contributed by atoms with Crippen LogP contribution in [0.15, 0.2) is 0 Å². The first-order valence-corrected chi connectivity index (χ1v) is 12.8. The largest absolute Gasteiger partial charge is 0.481 e. The second-order valence-electron chi connectivity index (χ2n) is 11.2. The quantitative estimate of drug-likeness (QED) is 0.379. The van der Waals surface area contributed by atoms with Crippen LogP contribution in [0.25, 0.3) is 0 Å². The molecule has 0 aromatic carbocycles. The number of esters is 2. The third-order valence-electron chi connectivity index (χ3n) is 7.34. The zero-order valence-corrected chi connectivity index (χ0v) is 21.5. The number of carbonyl (C=O) groups is 4. The maximum Gasteiger partial charge on any atom is 0.309 e. The molecule has 0 unspecified atom stereocenters. The standard InChI is InChI=1S/C26H42O9/c1-25(2,13-15-33-23(31)19-9-5-17(6-10-19)21(27)28)34-16-14-26(3,4)35-24(32)20-11-7-18(8-12-20)22(29)30/h17-20H,5-16H2,1-4H3,(H,27,28)(H,29,30)/t17-,18-,19+,20+. The summed E-state index contributed by atoms with van der Waals surface area (Å²) < 4.78 is 17.1. The van der Waals surface area contributed by atoms with Crippen LogP contribution in [-0.4, -0.2) is 58.5 Å². The van der Waals surface area contributed by atoms with E-state index in [0.29, 0.717) is 70.8 Å². The smallest absolute Gasteiger partial charge is 0.309 e. The van der Waals surface area contributed by atoms with Gasteiger partial charge in [0.05, 0.1) is 42.5 Å². The van der Waals surface area contributed by atoms with E-state index >= 15 is 0 Å². The summed E-state index contributed by atoms with van der Waals surface area (Å²) in [5.41, 5.74) is -1.24. The van der Waals surface area contributed by atoms with E-state index in [9.17, 15) is 19.2 Å². The Morgan fingerprint density at radius 3 is 1.49 bits per heavy atom. The molecule has 200 valence electrons. The lowest BCUT2D eigenvalue weighted by Gasteiger charge is -2.32. The number of carbonyl (C=O) groups excluding carboxylic acids is 2. The molecule has 2 N–H and O–H groups in total. The molecule has 9 nitrogen and oxygen atoms in total. The average molecular weight is 499 g/mol. The Labute approximate surface area is 207 Å². The van der Waals surface area contributed by atoms with Crippen molar-refractivity contribution in [1.29, 1.82) is 0 Å². The highest BCUT2D eigenvalue weighted by atomic mass is 16.6. The summed E-state index contributed by atoms with van der Waals surface area (Å²) in [6, 6.07) is 0. The highest BCUT2D eigenvalue weighted by molar-refractivity contribution is 5.75. The van der Waals surface area contributed by atoms with Crippen LogP contribution in [0.5, 0.6) is 0 Å². The van der Waals surface area contributed by atoms with Crippen LogP contribution < -0.4 is 0 Å². The normalized spacial score (nSPS) is 25.5. The lowest BCUT2D eigenvalue weighted by atomic mass is 9.82. The van der Waals surface area contributed by atoms with Crippen molar-refractivity contribution in [2.45, 2.75) is 103 Å². The van der Waals surface area contributed by atoms with E-state index in [1.54, 1.807) is 0 Å². The van der Waals surface area contributed by atoms with Crippen molar-refractivity contribution in [1.82, 2.24) is 0 Å². The number of ether oxygens (including phenoxy) is 3. The minimum atomic E-state index is -0.797. The van der Waals surface area contributed by atoms with Crippen molar-refractivity contribution in [2.24, 2.45) is 23.7 Å². The Balaban J connectivity index is 1.64. The molecule has 2 aliphatic rings. The lowest BCUT2D eigenvalue weighted by molar-refractivity contribution is -0.167. The van der Waals surface area contributed by atoms with Gasteiger partial charge in [-0.05, 0) is 79.1 Å². The first kappa shape index (κ1) is 29.1. The van der Waals surface area contributed by atoms with Crippen molar-refractivity contribution in [2.75, 3.05) is 13.2 Å². The summed E-state index contributed by atoms with van der Waals surface area (Å²) in [4.78, 5) is 47.0. The van der Waals surface area contributed by atoms with Gasteiger partial charge in [-0.15, -0.1) is 0 Å². The summed E-state index contributed by atoms with van der Waals surface area (Å²) >= 11 is 0. The van der Waals surface area contributed by atoms with E-state index in [1.807, 2.05) is 27.7 Å². The van der Waals surface area contributed by atoms with Crippen LogP contribution in [-0.2, 0) is 33.4 Å². The zero-order chi connectivity index (χ0) is 26.2. The summed E-state index contributed by atoms with van der Waals surface area (Å²) in [6.45, 7) is 8.10. The maximum absolute atomic E-state index is 12.5. The molecule has 0 aromatic rings. The van der Waals surface area contributed by atoms with Gasteiger partial charge in [-0.3, -0.25) is 19.2 Å². The van der Waals surface area contributed by atoms with Gasteiger partial charge in [0, 0.05) is 12.8 Å². The minimum Gasteiger partial charge on any atom is -0.481 e. The van der Waals surface area contributed by atoms with Crippen LogP contribution >= 0.6 is 0 Å². The second-order valence-corrected chi connectivity index (χ2v) is 11.2. The van der Waals surface area contributed by atoms with Gasteiger partial charge in [0.15, 0.2) is 0 Å². The van der Waals surface area contributed by atoms with Crippen LogP contribution in [0.1, 0.15) is 91.9 Å². The Bertz CT molecular complexity index is 742. The third-order valence-corrected chi connectivity index (χ3v) is 7.34. The van der Waals surface area contributed by atoms with Gasteiger partial charge in [-0.1, -0.05) is 0 Å². The molecule has 2 fully saturated rings. The van der Waals surface area contributed by atoms with Gasteiger partial charge in [0.1, 0.15) is 5.60 Å². The molecule has 0 aromatic heterocycles. The van der Waals surface area contributed by atoms with E-state index < -0.39 is 23.1 Å². The number of carboxylic acids is 2. The van der Waals surface area contributed by atoms with Crippen molar-refractivity contribution in [3.05, 3.63) is 0 Å². The van der Waals surface area contributed by atoms with Gasteiger partial charge in [-0.2, -0.15) is 0 Å². The van der Waals surface area contributed by atoms with Crippen LogP contribution in [0.2, 0.25) is 0 Å². The van der Waals surface area contributed by atoms with Gasteiger partial charge in [0.2, 0.25) is 0 Å². The summed E-state index contributed by atoms with van der Waals surface area (Å²) in [7, 11) is 0. The second kappa shape index (κ2) is 12.7. The molecule has 0 heterocycles. The fraction of sp³-hybridized carbons (Fsp3) is 0.846. The topological polar surface area (TPSA) is 136 Å². The number of aliphatic carboxylic acids is 2. The van der Waals surface area contributed by atoms with E-state index in [4.69, 9.17) is 24.4 Å². The SMILES string of the molecule is CC(C)(CCOC(=O)[C@H]1CC[C@@H](C(=O)O)CC1)OCCC(C)(C)OC(=O)[C@H]1CC[C@@H](C(=O)O)CC1. The summed E-state index contributed by atoms with van der Waals surface area (Å²) in [5, 5.41) is 18.2. The molecule has 0 spiro atoms. The number of hydrogen-bond acceptors (Lipinski definition) is 7. The fourth-order valence-corrected chi connectivity index (χ4v) is 4.72. The van der Waals surface area contributed by atoms with Gasteiger partial charge >= 0.3 is 23.9 Å². The predicted octanol–water partition coefficient (Wildman–Crippen LogP) is 4.21. The van der Waals surface area contributed by atoms with E-state index in [0.717, 1.165) is 0 Å². The molecule has 0 amide bonds. The Morgan fingerprint density at radius 1 is 0.629 bits per heavy atom. The fourth-order valence-electron chi connectivity index (χ4n) is 4.72. The molecule has 9 heteroatoms. The highest BCUT2D eigenvalue weighted by Gasteiger charge is 2.34. The highest BCUT2D eigenvalue weighted by Crippen LogP contribution is 2.32. The molecule has 2 aliphatic carbocycles. The number of rotatable bonds is 12. The minimum absolute atomic E-state index is 0.224. The summed E-state index contributed by atoms with van der Waals surface area (Å²) in [6.07, 6.45) is 5.19. The first-order valence-electron chi connectivity index (χ1n) is 12.8. The lowest BCUT2D eigenvalue weighted by Crippen LogP contribution is -2.36. The van der Waals surface area contributed by atoms with Crippen molar-refractivity contribution in [3.8, 4) is 0 Å². The third kappa shape index (κ3) is 9.78. The molecular formula is C26H42O9. The molecule has 0 radical (unpaired) electrons. The van der Waals surface area contributed by atoms with Crippen LogP contribution in [0, 0.1) is 23.7 Å². The first-order chi connectivity index (χ1) is 16.3. The Morgan fingerprint density at radius 2 is 1.03 bits per heavy atom. The molecule has 0 bridgehead atoms. The monoisotopic (exact) mass is 498 g/mol. The zero-order valence-electron chi connectivity index (χ0n) is 21.5. The van der Waals surface area contributed by atoms with E-state index in [-0.39, 0.29) is 42.2 Å². The van der Waals surface area contributed by atoms with Gasteiger partial charge in [-0.25, -0.2) is 0 Å². The van der Waals surface area contributed by atoms with Crippen LogP contribution in [0.3, 0.4) is 0 Å². The number of hydrogen-bond donors (Lipinski definition) is 2. The Kier molecular flexibility index (Phi) is 10.5. The predicted molar refractivity (Wildman–Crippen MR) is 127 cm³/mol. The molecule has 2 saturated carbocycles. The van der Waals surface area contributed by atoms with Gasteiger partial charge in [0.25, 0.3) is 0 Å². The van der Waals surface area contributed by atoms with E-state index in [1.165, 1.54) is 0 Å². The average Bonchev–Trinajstić information content (AvgIpc) is 2.78. The molecule has 0 saturated heterocycles. The number of carboxylic acid groups (broad SMARTS) is 2. The van der Waals surface area contributed by atoms with E-state index in [2.05, 4.69) is 0 Å². The summed E-state index contributed by atoms with van der Waals surface area (Å²) in [5.74, 6) is -3.35. The molecule has 0 atom stereocenters. The van der Waals surface area contributed by atoms with Crippen molar-refractivity contribution < 1.29 is 43.6 Å². The molecule has 2 rings (SSSR count). The molecular weight excluding hydrogens is 456 g/mol. The molecule has 0 aliphatic heterocycles. The molecule has 35 heavy (non-hydrogen) atoms. The van der Waals surface area contributed by atoms with Crippen molar-refractivity contribution >= 4 is 23.9 Å². The van der Waals surface area contributed by atoms with Crippen molar-refractivity contribution in [3.63, 3.8) is 0 Å². The van der Waals surface area contributed by atoms with Gasteiger partial charge < -0.3 is 24.4 Å². The van der Waals surface area contributed by atoms with Crippen LogP contribution in [0.4, 0.5) is 0 Å². The Hall–Kier alpha value is -2.16.